The Morgan fingerprint density at radius 2 is 0.837 bits per heavy atom. The first kappa shape index (κ1) is 24.9. The number of ether oxygens (including phenoxy) is 1. The van der Waals surface area contributed by atoms with Gasteiger partial charge < -0.3 is 13.9 Å². The van der Waals surface area contributed by atoms with E-state index in [0.717, 1.165) is 56.7 Å². The highest BCUT2D eigenvalue weighted by Gasteiger charge is 2.28. The molecule has 2 aliphatic rings. The van der Waals surface area contributed by atoms with Crippen LogP contribution in [0.15, 0.2) is 134 Å². The van der Waals surface area contributed by atoms with Crippen molar-refractivity contribution in [1.82, 2.24) is 19.1 Å². The Morgan fingerprint density at radius 3 is 1.23 bits per heavy atom. The molecule has 7 heteroatoms. The molecule has 4 heterocycles. The lowest BCUT2D eigenvalue weighted by molar-refractivity contribution is 0.469. The molecule has 6 aromatic rings. The molecular weight excluding hydrogens is 532 g/mol. The number of aromatic nitrogens is 4. The summed E-state index contributed by atoms with van der Waals surface area (Å²) in [6.45, 7) is 0. The number of nitrogens with zero attached hydrogens (tertiary/aromatic N) is 6. The minimum absolute atomic E-state index is 0.710. The van der Waals surface area contributed by atoms with E-state index in [1.807, 2.05) is 48.0 Å². The highest BCUT2D eigenvalue weighted by Crippen LogP contribution is 2.46. The van der Waals surface area contributed by atoms with E-state index < -0.39 is 0 Å². The molecule has 8 rings (SSSR count). The lowest BCUT2D eigenvalue weighted by atomic mass is 9.97. The Bertz CT molecular complexity index is 1920. The molecule has 0 radical (unpaired) electrons. The summed E-state index contributed by atoms with van der Waals surface area (Å²) in [4.78, 5) is 13.6. The Morgan fingerprint density at radius 1 is 0.465 bits per heavy atom. The van der Waals surface area contributed by atoms with Crippen LogP contribution in [0.25, 0.3) is 33.8 Å². The van der Waals surface area contributed by atoms with Crippen molar-refractivity contribution in [1.29, 1.82) is 0 Å². The number of benzene rings is 4. The average molecular weight is 561 g/mol. The molecule has 208 valence electrons. The van der Waals surface area contributed by atoms with Gasteiger partial charge >= 0.3 is 0 Å². The van der Waals surface area contributed by atoms with Crippen LogP contribution in [-0.4, -0.2) is 19.1 Å². The van der Waals surface area contributed by atoms with E-state index in [1.165, 1.54) is 0 Å². The van der Waals surface area contributed by atoms with Crippen LogP contribution in [0.4, 0.5) is 23.3 Å². The molecule has 43 heavy (non-hydrogen) atoms. The van der Waals surface area contributed by atoms with Gasteiger partial charge in [-0.1, -0.05) is 84.9 Å². The second-order valence-electron chi connectivity index (χ2n) is 10.6. The molecule has 2 aliphatic heterocycles. The maximum absolute atomic E-state index is 7.11. The van der Waals surface area contributed by atoms with E-state index in [4.69, 9.17) is 14.7 Å². The van der Waals surface area contributed by atoms with Crippen LogP contribution >= 0.6 is 0 Å². The van der Waals surface area contributed by atoms with Gasteiger partial charge in [-0.05, 0) is 23.3 Å². The summed E-state index contributed by atoms with van der Waals surface area (Å²) in [7, 11) is 4.01. The zero-order valence-corrected chi connectivity index (χ0v) is 23.8. The molecule has 0 N–H and O–H groups in total. The third kappa shape index (κ3) is 4.05. The van der Waals surface area contributed by atoms with Crippen LogP contribution in [0.2, 0.25) is 0 Å². The fraction of sp³-hybridized carbons (Fsp3) is 0.0556. The van der Waals surface area contributed by atoms with Gasteiger partial charge in [-0.15, -0.1) is 0 Å². The van der Waals surface area contributed by atoms with Gasteiger partial charge in [0.05, 0.1) is 23.8 Å². The van der Waals surface area contributed by atoms with E-state index in [-0.39, 0.29) is 0 Å². The molecule has 7 nitrogen and oxygen atoms in total. The predicted molar refractivity (Wildman–Crippen MR) is 171 cm³/mol. The summed E-state index contributed by atoms with van der Waals surface area (Å²) in [5.41, 5.74) is 8.44. The van der Waals surface area contributed by atoms with Gasteiger partial charge in [0.1, 0.15) is 0 Å². The Hall–Kier alpha value is -5.82. The van der Waals surface area contributed by atoms with Gasteiger partial charge in [0.15, 0.2) is 11.5 Å². The average Bonchev–Trinajstić information content (AvgIpc) is 3.61. The van der Waals surface area contributed by atoms with Crippen LogP contribution in [0.1, 0.15) is 11.1 Å². The molecular formula is C36H28N6O. The number of fused-ring (bicyclic) bond motifs is 6. The fourth-order valence-corrected chi connectivity index (χ4v) is 5.99. The smallest absolute Gasteiger partial charge is 0.214 e. The number of anilines is 4. The van der Waals surface area contributed by atoms with Crippen molar-refractivity contribution >= 4 is 34.8 Å². The topological polar surface area (TPSA) is 51.4 Å². The second kappa shape index (κ2) is 9.92. The van der Waals surface area contributed by atoms with Crippen molar-refractivity contribution in [3.8, 4) is 22.3 Å². The SMILES string of the molecule is Cn1ccnc1N1C=C(OC2=CN(c3nccn3C)c3ccccc3-c3ccccc32)c2ccccc2-c2ccccc21. The normalized spacial score (nSPS) is 13.5. The monoisotopic (exact) mass is 560 g/mol. The number of hydrogen-bond acceptors (Lipinski definition) is 5. The van der Waals surface area contributed by atoms with E-state index in [2.05, 4.69) is 119 Å². The highest BCUT2D eigenvalue weighted by atomic mass is 16.5. The zero-order valence-electron chi connectivity index (χ0n) is 23.8. The minimum Gasteiger partial charge on any atom is -0.453 e. The fourth-order valence-electron chi connectivity index (χ4n) is 5.99. The van der Waals surface area contributed by atoms with Gasteiger partial charge in [-0.3, -0.25) is 9.80 Å². The van der Waals surface area contributed by atoms with Crippen molar-refractivity contribution in [3.05, 3.63) is 145 Å². The van der Waals surface area contributed by atoms with Crippen molar-refractivity contribution in [2.24, 2.45) is 14.1 Å². The maximum atomic E-state index is 7.11. The van der Waals surface area contributed by atoms with Crippen LogP contribution in [0, 0.1) is 0 Å². The first-order valence-electron chi connectivity index (χ1n) is 14.2. The van der Waals surface area contributed by atoms with E-state index in [9.17, 15) is 0 Å². The first-order chi connectivity index (χ1) is 21.2. The number of hydrogen-bond donors (Lipinski definition) is 0. The van der Waals surface area contributed by atoms with Crippen LogP contribution < -0.4 is 9.80 Å². The Balaban J connectivity index is 1.36. The largest absolute Gasteiger partial charge is 0.453 e. The third-order valence-electron chi connectivity index (χ3n) is 8.03. The number of para-hydroxylation sites is 2. The van der Waals surface area contributed by atoms with Crippen LogP contribution in [0.5, 0.6) is 0 Å². The van der Waals surface area contributed by atoms with Crippen LogP contribution in [0.3, 0.4) is 0 Å². The Kier molecular flexibility index (Phi) is 5.75. The van der Waals surface area contributed by atoms with Gasteiger partial charge in [-0.25, -0.2) is 9.97 Å². The van der Waals surface area contributed by atoms with Crippen molar-refractivity contribution < 1.29 is 4.74 Å². The lowest BCUT2D eigenvalue weighted by Crippen LogP contribution is -2.15. The van der Waals surface area contributed by atoms with Crippen LogP contribution in [-0.2, 0) is 18.8 Å². The summed E-state index contributed by atoms with van der Waals surface area (Å²) in [5, 5.41) is 0. The molecule has 0 aliphatic carbocycles. The summed E-state index contributed by atoms with van der Waals surface area (Å²) >= 11 is 0. The van der Waals surface area contributed by atoms with E-state index in [0.29, 0.717) is 11.5 Å². The quantitative estimate of drug-likeness (QED) is 0.218. The molecule has 4 aromatic carbocycles. The standard InChI is InChI=1S/C36H28N6O/c1-39-21-19-37-35(39)41-23-33(29-15-5-3-11-25(29)27-13-7-9-17-31(27)41)43-34-24-42(36-38-20-22-40(36)2)32-18-10-8-14-28(32)26-12-4-6-16-30(26)34/h3-24H,1-2H3. The van der Waals surface area contributed by atoms with Crippen molar-refractivity contribution in [2.75, 3.05) is 9.80 Å². The third-order valence-corrected chi connectivity index (χ3v) is 8.03. The predicted octanol–water partition coefficient (Wildman–Crippen LogP) is 8.10. The first-order valence-corrected chi connectivity index (χ1v) is 14.2. The highest BCUT2D eigenvalue weighted by molar-refractivity contribution is 5.96. The summed E-state index contributed by atoms with van der Waals surface area (Å²) in [6.07, 6.45) is 11.7. The van der Waals surface area contributed by atoms with Gasteiger partial charge in [0.25, 0.3) is 0 Å². The molecule has 0 saturated carbocycles. The maximum Gasteiger partial charge on any atom is 0.214 e. The number of aryl methyl sites for hydroxylation is 2. The Labute approximate surface area is 249 Å². The van der Waals surface area contributed by atoms with Gasteiger partial charge in [0.2, 0.25) is 11.9 Å². The van der Waals surface area contributed by atoms with Crippen molar-refractivity contribution in [3.63, 3.8) is 0 Å². The van der Waals surface area contributed by atoms with E-state index >= 15 is 0 Å². The molecule has 0 saturated heterocycles. The zero-order chi connectivity index (χ0) is 28.9. The van der Waals surface area contributed by atoms with Crippen molar-refractivity contribution in [2.45, 2.75) is 0 Å². The summed E-state index contributed by atoms with van der Waals surface area (Å²) in [6, 6.07) is 33.6. The summed E-state index contributed by atoms with van der Waals surface area (Å²) in [5.74, 6) is 3.00. The summed E-state index contributed by atoms with van der Waals surface area (Å²) < 4.78 is 11.1. The van der Waals surface area contributed by atoms with Gasteiger partial charge in [-0.2, -0.15) is 0 Å². The lowest BCUT2D eigenvalue weighted by Gasteiger charge is -2.22. The minimum atomic E-state index is 0.710. The molecule has 0 unspecified atom stereocenters. The second-order valence-corrected chi connectivity index (χ2v) is 10.6. The number of imidazole rings is 2. The molecule has 0 amide bonds. The molecule has 0 bridgehead atoms. The molecule has 0 spiro atoms. The van der Waals surface area contributed by atoms with Gasteiger partial charge in [0, 0.05) is 61.1 Å². The molecule has 0 fully saturated rings. The molecule has 2 aromatic heterocycles. The molecule has 0 atom stereocenters. The van der Waals surface area contributed by atoms with E-state index in [1.54, 1.807) is 0 Å². The number of rotatable bonds is 4.